The Hall–Kier alpha value is -3.29. The van der Waals surface area contributed by atoms with Crippen LogP contribution in [0.2, 0.25) is 0 Å². The van der Waals surface area contributed by atoms with E-state index in [0.717, 1.165) is 54.7 Å². The van der Waals surface area contributed by atoms with Gasteiger partial charge in [-0.15, -0.1) is 0 Å². The first-order chi connectivity index (χ1) is 18.4. The molecule has 1 unspecified atom stereocenters. The minimum atomic E-state index is -0.784. The maximum atomic E-state index is 14.1. The van der Waals surface area contributed by atoms with Crippen LogP contribution in [0.15, 0.2) is 72.0 Å². The number of pyridine rings is 3. The molecule has 4 heterocycles. The highest BCUT2D eigenvalue weighted by molar-refractivity contribution is 6.26. The third kappa shape index (κ3) is 4.81. The van der Waals surface area contributed by atoms with Crippen LogP contribution in [0, 0.1) is 12.7 Å². The van der Waals surface area contributed by atoms with Crippen molar-refractivity contribution in [1.82, 2.24) is 19.9 Å². The van der Waals surface area contributed by atoms with Crippen molar-refractivity contribution >= 4 is 28.2 Å². The van der Waals surface area contributed by atoms with Gasteiger partial charge in [0.25, 0.3) is 0 Å². The number of aromatic nitrogens is 3. The number of hydrogen-bond donors (Lipinski definition) is 1. The predicted octanol–water partition coefficient (Wildman–Crippen LogP) is 5.51. The monoisotopic (exact) mass is 531 g/mol. The van der Waals surface area contributed by atoms with Gasteiger partial charge in [-0.25, -0.2) is 4.39 Å². The summed E-state index contributed by atoms with van der Waals surface area (Å²) in [6.45, 7) is 3.14. The average molecular weight is 532 g/mol. The van der Waals surface area contributed by atoms with Gasteiger partial charge in [0.1, 0.15) is 10.8 Å². The predicted molar refractivity (Wildman–Crippen MR) is 149 cm³/mol. The van der Waals surface area contributed by atoms with Crippen LogP contribution >= 0.6 is 11.6 Å². The molecule has 4 aromatic rings. The second-order valence-corrected chi connectivity index (χ2v) is 11.2. The van der Waals surface area contributed by atoms with Crippen molar-refractivity contribution < 1.29 is 4.39 Å². The van der Waals surface area contributed by atoms with Gasteiger partial charge >= 0.3 is 0 Å². The van der Waals surface area contributed by atoms with Gasteiger partial charge in [0.05, 0.1) is 17.4 Å². The summed E-state index contributed by atoms with van der Waals surface area (Å²) in [5.41, 5.74) is 4.31. The van der Waals surface area contributed by atoms with E-state index < -0.39 is 10.8 Å². The molecule has 0 spiro atoms. The minimum Gasteiger partial charge on any atom is -0.350 e. The summed E-state index contributed by atoms with van der Waals surface area (Å²) in [5.74, 6) is -0.395. The van der Waals surface area contributed by atoms with Crippen LogP contribution in [-0.4, -0.2) is 32.1 Å². The van der Waals surface area contributed by atoms with Gasteiger partial charge < -0.3 is 14.8 Å². The summed E-state index contributed by atoms with van der Waals surface area (Å²) >= 11 is 7.62. The molecule has 8 heteroatoms. The van der Waals surface area contributed by atoms with Crippen molar-refractivity contribution in [3.8, 4) is 0 Å². The summed E-state index contributed by atoms with van der Waals surface area (Å²) in [4.78, 5) is 23.6. The van der Waals surface area contributed by atoms with Crippen LogP contribution in [0.4, 0.5) is 10.1 Å². The number of benzene rings is 1. The number of piperidine rings is 1. The Morgan fingerprint density at radius 3 is 2.79 bits per heavy atom. The normalized spacial score (nSPS) is 21.7. The molecule has 0 radical (unpaired) electrons. The quantitative estimate of drug-likeness (QED) is 0.252. The molecule has 1 N–H and O–H groups in total. The smallest absolute Gasteiger partial charge is 0.193 e. The second-order valence-electron chi connectivity index (χ2n) is 10.5. The molecular formula is C30H31ClFN5O. The Morgan fingerprint density at radius 2 is 2.03 bits per heavy atom. The van der Waals surface area contributed by atoms with E-state index in [-0.39, 0.29) is 11.5 Å². The van der Waals surface area contributed by atoms with Gasteiger partial charge in [0.2, 0.25) is 0 Å². The van der Waals surface area contributed by atoms with Crippen LogP contribution in [-0.2, 0) is 13.0 Å². The Kier molecular flexibility index (Phi) is 6.66. The SMILES string of the molecule is Cc1cc(CC2(Cl)[C@@H](NCc3cn(C4CC4)c4ccc(F)cc4c3=O)CCCN2c2cccnc2)ccn1. The first-order valence-corrected chi connectivity index (χ1v) is 13.6. The largest absolute Gasteiger partial charge is 0.350 e. The summed E-state index contributed by atoms with van der Waals surface area (Å²) in [5, 5.41) is 4.08. The summed E-state index contributed by atoms with van der Waals surface area (Å²) in [6.07, 6.45) is 11.9. The first kappa shape index (κ1) is 25.0. The van der Waals surface area contributed by atoms with Crippen molar-refractivity contribution in [2.45, 2.75) is 62.7 Å². The Bertz CT molecular complexity index is 1520. The molecule has 2 fully saturated rings. The van der Waals surface area contributed by atoms with Crippen molar-refractivity contribution in [2.75, 3.05) is 11.4 Å². The minimum absolute atomic E-state index is 0.108. The highest BCUT2D eigenvalue weighted by Gasteiger charge is 2.45. The van der Waals surface area contributed by atoms with Crippen LogP contribution in [0.5, 0.6) is 0 Å². The molecule has 1 aliphatic heterocycles. The number of nitrogens with zero attached hydrogens (tertiary/aromatic N) is 4. The summed E-state index contributed by atoms with van der Waals surface area (Å²) in [7, 11) is 0. The third-order valence-electron chi connectivity index (χ3n) is 7.78. The van der Waals surface area contributed by atoms with Crippen molar-refractivity contribution in [3.05, 3.63) is 100 Å². The number of anilines is 1. The van der Waals surface area contributed by atoms with E-state index in [2.05, 4.69) is 30.8 Å². The lowest BCUT2D eigenvalue weighted by Crippen LogP contribution is -2.62. The Morgan fingerprint density at radius 1 is 1.16 bits per heavy atom. The van der Waals surface area contributed by atoms with Gasteiger partial charge in [-0.3, -0.25) is 14.8 Å². The molecule has 2 aliphatic rings. The summed E-state index contributed by atoms with van der Waals surface area (Å²) in [6, 6.07) is 12.8. The van der Waals surface area contributed by atoms with E-state index in [1.54, 1.807) is 12.3 Å². The number of alkyl halides is 1. The fraction of sp³-hybridized carbons (Fsp3) is 0.367. The molecular weight excluding hydrogens is 501 g/mol. The number of rotatable bonds is 7. The zero-order valence-corrected chi connectivity index (χ0v) is 22.2. The molecule has 6 rings (SSSR count). The molecule has 0 bridgehead atoms. The van der Waals surface area contributed by atoms with Crippen LogP contribution < -0.4 is 15.6 Å². The highest BCUT2D eigenvalue weighted by atomic mass is 35.5. The van der Waals surface area contributed by atoms with Crippen LogP contribution in [0.25, 0.3) is 10.9 Å². The van der Waals surface area contributed by atoms with Gasteiger partial charge in [-0.05, 0) is 80.6 Å². The molecule has 3 aromatic heterocycles. The number of nitrogens with one attached hydrogen (secondary N) is 1. The van der Waals surface area contributed by atoms with Crippen LogP contribution in [0.3, 0.4) is 0 Å². The molecule has 1 saturated heterocycles. The maximum absolute atomic E-state index is 14.1. The van der Waals surface area contributed by atoms with Gasteiger partial charge in [-0.2, -0.15) is 0 Å². The Labute approximate surface area is 226 Å². The molecule has 38 heavy (non-hydrogen) atoms. The second kappa shape index (κ2) is 10.1. The van der Waals surface area contributed by atoms with E-state index >= 15 is 0 Å². The topological polar surface area (TPSA) is 63.1 Å². The van der Waals surface area contributed by atoms with Gasteiger partial charge in [-0.1, -0.05) is 11.6 Å². The van der Waals surface area contributed by atoms with E-state index in [4.69, 9.17) is 11.6 Å². The fourth-order valence-electron chi connectivity index (χ4n) is 5.78. The number of halogens is 2. The number of aryl methyl sites for hydroxylation is 1. The number of fused-ring (bicyclic) bond motifs is 1. The average Bonchev–Trinajstić information content (AvgIpc) is 3.75. The Balaban J connectivity index is 1.35. The molecule has 196 valence electrons. The van der Waals surface area contributed by atoms with Crippen molar-refractivity contribution in [3.63, 3.8) is 0 Å². The molecule has 1 saturated carbocycles. The lowest BCUT2D eigenvalue weighted by atomic mass is 9.89. The zero-order chi connectivity index (χ0) is 26.3. The van der Waals surface area contributed by atoms with E-state index in [1.165, 1.54) is 12.1 Å². The lowest BCUT2D eigenvalue weighted by molar-refractivity contribution is 0.301. The van der Waals surface area contributed by atoms with Gasteiger partial charge in [0.15, 0.2) is 5.43 Å². The molecule has 1 aromatic carbocycles. The molecule has 1 aliphatic carbocycles. The highest BCUT2D eigenvalue weighted by Crippen LogP contribution is 2.40. The summed E-state index contributed by atoms with van der Waals surface area (Å²) < 4.78 is 16.3. The molecule has 2 atom stereocenters. The maximum Gasteiger partial charge on any atom is 0.193 e. The van der Waals surface area contributed by atoms with Crippen LogP contribution in [0.1, 0.15) is 48.5 Å². The van der Waals surface area contributed by atoms with E-state index in [9.17, 15) is 9.18 Å². The molecule has 0 amide bonds. The third-order valence-corrected chi connectivity index (χ3v) is 8.38. The van der Waals surface area contributed by atoms with Crippen molar-refractivity contribution in [1.29, 1.82) is 0 Å². The molecule has 6 nitrogen and oxygen atoms in total. The fourth-order valence-corrected chi connectivity index (χ4v) is 6.30. The van der Waals surface area contributed by atoms with Crippen molar-refractivity contribution in [2.24, 2.45) is 0 Å². The van der Waals surface area contributed by atoms with E-state index in [0.29, 0.717) is 30.0 Å². The van der Waals surface area contributed by atoms with E-state index in [1.807, 2.05) is 43.7 Å². The number of hydrogen-bond acceptors (Lipinski definition) is 5. The van der Waals surface area contributed by atoms with Gasteiger partial charge in [0, 0.05) is 66.8 Å². The standard InChI is InChI=1S/C30H31ClFN5O/c1-20-14-21(10-12-34-20)16-30(31)28(5-3-13-37(30)25-4-2-11-33-18-25)35-17-22-19-36(24-7-8-24)27-9-6-23(32)15-26(27)29(22)38/h2,4,6,9-12,14-15,18-19,24,28,35H,3,5,7-8,13,16-17H2,1H3/t28-,30?/m0/s1. The lowest BCUT2D eigenvalue weighted by Gasteiger charge is -2.49. The first-order valence-electron chi connectivity index (χ1n) is 13.3. The zero-order valence-electron chi connectivity index (χ0n) is 21.4.